The van der Waals surface area contributed by atoms with Crippen molar-refractivity contribution < 1.29 is 14.3 Å². The third-order valence-electron chi connectivity index (χ3n) is 7.25. The highest BCUT2D eigenvalue weighted by Gasteiger charge is 2.43. The first-order valence-corrected chi connectivity index (χ1v) is 11.2. The Labute approximate surface area is 188 Å². The fourth-order valence-electron chi connectivity index (χ4n) is 5.38. The Morgan fingerprint density at radius 3 is 2.53 bits per heavy atom. The van der Waals surface area contributed by atoms with E-state index in [-0.39, 0.29) is 23.2 Å². The van der Waals surface area contributed by atoms with Gasteiger partial charge in [0.2, 0.25) is 5.91 Å². The van der Waals surface area contributed by atoms with Gasteiger partial charge in [0.1, 0.15) is 11.9 Å². The highest BCUT2D eigenvalue weighted by atomic mass is 16.5. The Morgan fingerprint density at radius 2 is 1.84 bits per heavy atom. The number of ether oxygens (including phenoxy) is 1. The number of rotatable bonds is 2. The number of carbonyl (C=O) groups is 2. The SMILES string of the molecule is CC(=O)N1CCC(Oc2ccc3c(c2)C(C)(C)C2=C(C3=O)c3ccc(C#N)cc3C2)CC1. The summed E-state index contributed by atoms with van der Waals surface area (Å²) in [6, 6.07) is 13.6. The summed E-state index contributed by atoms with van der Waals surface area (Å²) in [4.78, 5) is 26.9. The molecule has 0 atom stereocenters. The molecule has 1 heterocycles. The van der Waals surface area contributed by atoms with Gasteiger partial charge in [0.05, 0.1) is 11.6 Å². The van der Waals surface area contributed by atoms with Gasteiger partial charge in [-0.2, -0.15) is 5.26 Å². The largest absolute Gasteiger partial charge is 0.490 e. The molecule has 1 saturated heterocycles. The molecule has 5 rings (SSSR count). The van der Waals surface area contributed by atoms with E-state index >= 15 is 0 Å². The van der Waals surface area contributed by atoms with Crippen LogP contribution in [0.3, 0.4) is 0 Å². The van der Waals surface area contributed by atoms with Crippen LogP contribution in [-0.4, -0.2) is 35.8 Å². The standard InChI is InChI=1S/C27H26N2O3/c1-16(30)29-10-8-19(9-11-29)32-20-5-7-22-23(14-20)27(2,3)24-13-18-12-17(15-28)4-6-21(18)25(24)26(22)31/h4-7,12,14,19H,8-11,13H2,1-3H3. The van der Waals surface area contributed by atoms with Gasteiger partial charge in [-0.3, -0.25) is 9.59 Å². The lowest BCUT2D eigenvalue weighted by atomic mass is 9.68. The third-order valence-corrected chi connectivity index (χ3v) is 7.25. The number of ketones is 1. The number of benzene rings is 2. The van der Waals surface area contributed by atoms with Crippen molar-refractivity contribution in [3.8, 4) is 11.8 Å². The van der Waals surface area contributed by atoms with E-state index in [4.69, 9.17) is 4.74 Å². The lowest BCUT2D eigenvalue weighted by Crippen LogP contribution is -2.40. The van der Waals surface area contributed by atoms with E-state index in [1.165, 1.54) is 0 Å². The second kappa shape index (κ2) is 7.34. The summed E-state index contributed by atoms with van der Waals surface area (Å²) in [5.74, 6) is 0.942. The number of Topliss-reactive ketones (excluding diaryl/α,β-unsaturated/α-hetero) is 1. The van der Waals surface area contributed by atoms with Gasteiger partial charge in [0, 0.05) is 49.4 Å². The minimum atomic E-state index is -0.318. The van der Waals surface area contributed by atoms with Crippen LogP contribution in [0, 0.1) is 11.3 Å². The Kier molecular flexibility index (Phi) is 4.70. The van der Waals surface area contributed by atoms with Gasteiger partial charge < -0.3 is 9.64 Å². The quantitative estimate of drug-likeness (QED) is 0.712. The number of hydrogen-bond acceptors (Lipinski definition) is 4. The van der Waals surface area contributed by atoms with Crippen LogP contribution < -0.4 is 4.74 Å². The van der Waals surface area contributed by atoms with Crippen molar-refractivity contribution in [1.29, 1.82) is 5.26 Å². The molecule has 1 amide bonds. The summed E-state index contributed by atoms with van der Waals surface area (Å²) in [5, 5.41) is 9.27. The maximum Gasteiger partial charge on any atom is 0.219 e. The molecule has 32 heavy (non-hydrogen) atoms. The molecule has 0 bridgehead atoms. The molecule has 1 fully saturated rings. The molecular weight excluding hydrogens is 400 g/mol. The number of fused-ring (bicyclic) bond motifs is 3. The summed E-state index contributed by atoms with van der Waals surface area (Å²) in [5.41, 5.74) is 5.95. The molecule has 0 unspecified atom stereocenters. The summed E-state index contributed by atoms with van der Waals surface area (Å²) < 4.78 is 6.28. The third kappa shape index (κ3) is 3.14. The minimum Gasteiger partial charge on any atom is -0.490 e. The normalized spacial score (nSPS) is 19.2. The first-order valence-electron chi connectivity index (χ1n) is 11.2. The fourth-order valence-corrected chi connectivity index (χ4v) is 5.38. The number of piperidine rings is 1. The van der Waals surface area contributed by atoms with E-state index in [0.717, 1.165) is 52.0 Å². The number of likely N-dealkylation sites (tertiary alicyclic amines) is 1. The minimum absolute atomic E-state index is 0.0547. The smallest absolute Gasteiger partial charge is 0.219 e. The topological polar surface area (TPSA) is 70.4 Å². The van der Waals surface area contributed by atoms with Crippen LogP contribution >= 0.6 is 0 Å². The zero-order valence-corrected chi connectivity index (χ0v) is 18.7. The lowest BCUT2D eigenvalue weighted by Gasteiger charge is -2.35. The Morgan fingerprint density at radius 1 is 1.12 bits per heavy atom. The van der Waals surface area contributed by atoms with Crippen LogP contribution in [0.1, 0.15) is 66.2 Å². The molecule has 2 aliphatic carbocycles. The molecule has 0 spiro atoms. The van der Waals surface area contributed by atoms with Crippen molar-refractivity contribution in [2.75, 3.05) is 13.1 Å². The van der Waals surface area contributed by atoms with Gasteiger partial charge in [-0.15, -0.1) is 0 Å². The molecule has 0 N–H and O–H groups in total. The molecule has 0 aromatic heterocycles. The van der Waals surface area contributed by atoms with E-state index in [0.29, 0.717) is 25.1 Å². The number of hydrogen-bond donors (Lipinski definition) is 0. The second-order valence-corrected chi connectivity index (χ2v) is 9.50. The molecule has 5 heteroatoms. The van der Waals surface area contributed by atoms with Gasteiger partial charge in [-0.05, 0) is 59.0 Å². The van der Waals surface area contributed by atoms with Gasteiger partial charge in [0.25, 0.3) is 0 Å². The van der Waals surface area contributed by atoms with Crippen LogP contribution in [0.25, 0.3) is 5.57 Å². The average Bonchev–Trinajstić information content (AvgIpc) is 3.18. The molecule has 0 radical (unpaired) electrons. The lowest BCUT2D eigenvalue weighted by molar-refractivity contribution is -0.130. The highest BCUT2D eigenvalue weighted by Crippen LogP contribution is 2.50. The summed E-state index contributed by atoms with van der Waals surface area (Å²) in [7, 11) is 0. The van der Waals surface area contributed by atoms with Gasteiger partial charge in [-0.1, -0.05) is 19.9 Å². The van der Waals surface area contributed by atoms with E-state index < -0.39 is 0 Å². The first-order chi connectivity index (χ1) is 15.3. The van der Waals surface area contributed by atoms with Crippen LogP contribution in [-0.2, 0) is 16.6 Å². The monoisotopic (exact) mass is 426 g/mol. The number of amides is 1. The van der Waals surface area contributed by atoms with Crippen LogP contribution in [0.2, 0.25) is 0 Å². The zero-order valence-electron chi connectivity index (χ0n) is 18.7. The second-order valence-electron chi connectivity index (χ2n) is 9.50. The van der Waals surface area contributed by atoms with Crippen molar-refractivity contribution >= 4 is 17.3 Å². The molecular formula is C27H26N2O3. The van der Waals surface area contributed by atoms with Gasteiger partial charge >= 0.3 is 0 Å². The van der Waals surface area contributed by atoms with Crippen LogP contribution in [0.15, 0.2) is 42.0 Å². The van der Waals surface area contributed by atoms with Gasteiger partial charge in [-0.25, -0.2) is 0 Å². The predicted octanol–water partition coefficient (Wildman–Crippen LogP) is 4.43. The van der Waals surface area contributed by atoms with Gasteiger partial charge in [0.15, 0.2) is 5.78 Å². The van der Waals surface area contributed by atoms with E-state index in [2.05, 4.69) is 19.9 Å². The zero-order chi connectivity index (χ0) is 22.6. The molecule has 1 aliphatic heterocycles. The fraction of sp³-hybridized carbons (Fsp3) is 0.370. The summed E-state index contributed by atoms with van der Waals surface area (Å²) >= 11 is 0. The maximum absolute atomic E-state index is 13.5. The molecule has 3 aliphatic rings. The Hall–Kier alpha value is -3.39. The molecule has 162 valence electrons. The number of allylic oxidation sites excluding steroid dienone is 2. The molecule has 0 saturated carbocycles. The molecule has 2 aromatic rings. The van der Waals surface area contributed by atoms with Crippen LogP contribution in [0.4, 0.5) is 0 Å². The van der Waals surface area contributed by atoms with E-state index in [1.807, 2.05) is 35.2 Å². The summed E-state index contributed by atoms with van der Waals surface area (Å²) in [6.45, 7) is 7.37. The Balaban J connectivity index is 1.44. The Bertz CT molecular complexity index is 1220. The molecule has 5 nitrogen and oxygen atoms in total. The van der Waals surface area contributed by atoms with E-state index in [9.17, 15) is 14.9 Å². The number of nitrogens with zero attached hydrogens (tertiary/aromatic N) is 2. The molecule has 2 aromatic carbocycles. The van der Waals surface area contributed by atoms with Crippen LogP contribution in [0.5, 0.6) is 5.75 Å². The predicted molar refractivity (Wildman–Crippen MR) is 121 cm³/mol. The number of nitriles is 1. The maximum atomic E-state index is 13.5. The summed E-state index contributed by atoms with van der Waals surface area (Å²) in [6.07, 6.45) is 2.38. The number of carbonyl (C=O) groups excluding carboxylic acids is 2. The highest BCUT2D eigenvalue weighted by molar-refractivity contribution is 6.33. The average molecular weight is 427 g/mol. The van der Waals surface area contributed by atoms with Crippen molar-refractivity contribution in [1.82, 2.24) is 4.90 Å². The van der Waals surface area contributed by atoms with Crippen molar-refractivity contribution in [2.45, 2.75) is 51.6 Å². The van der Waals surface area contributed by atoms with Crippen molar-refractivity contribution in [3.05, 3.63) is 69.8 Å². The van der Waals surface area contributed by atoms with E-state index in [1.54, 1.807) is 13.0 Å². The van der Waals surface area contributed by atoms with Crippen molar-refractivity contribution in [3.63, 3.8) is 0 Å². The van der Waals surface area contributed by atoms with Crippen molar-refractivity contribution in [2.24, 2.45) is 0 Å². The first kappa shape index (κ1) is 20.5.